The highest BCUT2D eigenvalue weighted by Gasteiger charge is 1.82. The lowest BCUT2D eigenvalue weighted by Gasteiger charge is -1.83. The van der Waals surface area contributed by atoms with Crippen molar-refractivity contribution < 1.29 is 0 Å². The minimum atomic E-state index is 0.599. The SMILES string of the molecule is C=C(I)CCC#N. The van der Waals surface area contributed by atoms with Crippen molar-refractivity contribution in [2.24, 2.45) is 0 Å². The minimum Gasteiger partial charge on any atom is -0.198 e. The van der Waals surface area contributed by atoms with E-state index >= 15 is 0 Å². The number of rotatable bonds is 2. The van der Waals surface area contributed by atoms with E-state index in [9.17, 15) is 0 Å². The second-order valence-electron chi connectivity index (χ2n) is 1.18. The average molecular weight is 207 g/mol. The first kappa shape index (κ1) is 6.96. The lowest BCUT2D eigenvalue weighted by Crippen LogP contribution is -1.65. The van der Waals surface area contributed by atoms with E-state index < -0.39 is 0 Å². The van der Waals surface area contributed by atoms with Gasteiger partial charge in [-0.15, -0.1) is 0 Å². The summed E-state index contributed by atoms with van der Waals surface area (Å²) in [7, 11) is 0. The molecule has 0 aliphatic heterocycles. The summed E-state index contributed by atoms with van der Waals surface area (Å²) in [6.07, 6.45) is 1.43. The van der Waals surface area contributed by atoms with E-state index in [1.54, 1.807) is 0 Å². The normalized spacial score (nSPS) is 7.43. The van der Waals surface area contributed by atoms with Crippen molar-refractivity contribution in [2.45, 2.75) is 12.8 Å². The summed E-state index contributed by atoms with van der Waals surface area (Å²) in [5, 5.41) is 8.02. The summed E-state index contributed by atoms with van der Waals surface area (Å²) in [5.41, 5.74) is 0. The molecule has 0 atom stereocenters. The van der Waals surface area contributed by atoms with Gasteiger partial charge in [0.1, 0.15) is 0 Å². The number of hydrogen-bond donors (Lipinski definition) is 0. The molecule has 0 radical (unpaired) electrons. The predicted octanol–water partition coefficient (Wildman–Crippen LogP) is 2.24. The molecule has 0 bridgehead atoms. The molecule has 1 nitrogen and oxygen atoms in total. The van der Waals surface area contributed by atoms with E-state index in [4.69, 9.17) is 5.26 Å². The van der Waals surface area contributed by atoms with Gasteiger partial charge in [-0.1, -0.05) is 6.58 Å². The van der Waals surface area contributed by atoms with Crippen molar-refractivity contribution in [1.82, 2.24) is 0 Å². The average Bonchev–Trinajstić information content (AvgIpc) is 1.61. The first-order valence-electron chi connectivity index (χ1n) is 1.97. The van der Waals surface area contributed by atoms with Crippen molar-refractivity contribution in [3.8, 4) is 6.07 Å². The Bertz CT molecular complexity index is 101. The molecule has 0 fully saturated rings. The van der Waals surface area contributed by atoms with E-state index in [0.717, 1.165) is 10.0 Å². The molecule has 0 aromatic carbocycles. The van der Waals surface area contributed by atoms with Gasteiger partial charge in [0, 0.05) is 6.42 Å². The molecule has 38 valence electrons. The first-order chi connectivity index (χ1) is 3.27. The van der Waals surface area contributed by atoms with Crippen LogP contribution in [0, 0.1) is 11.3 Å². The van der Waals surface area contributed by atoms with Gasteiger partial charge in [-0.05, 0) is 32.6 Å². The van der Waals surface area contributed by atoms with E-state index in [1.807, 2.05) is 6.07 Å². The summed E-state index contributed by atoms with van der Waals surface area (Å²) in [4.78, 5) is 0. The van der Waals surface area contributed by atoms with E-state index in [0.29, 0.717) is 6.42 Å². The number of nitrogens with zero attached hydrogens (tertiary/aromatic N) is 1. The van der Waals surface area contributed by atoms with E-state index in [1.165, 1.54) is 0 Å². The Balaban J connectivity index is 3.02. The Morgan fingerprint density at radius 1 is 1.86 bits per heavy atom. The molecule has 0 aromatic rings. The zero-order valence-electron chi connectivity index (χ0n) is 3.95. The van der Waals surface area contributed by atoms with Crippen LogP contribution in [0.5, 0.6) is 0 Å². The maximum absolute atomic E-state index is 8.02. The van der Waals surface area contributed by atoms with Gasteiger partial charge in [0.05, 0.1) is 6.07 Å². The topological polar surface area (TPSA) is 23.8 Å². The number of nitriles is 1. The predicted molar refractivity (Wildman–Crippen MR) is 38.0 cm³/mol. The van der Waals surface area contributed by atoms with E-state index in [-0.39, 0.29) is 0 Å². The summed E-state index contributed by atoms with van der Waals surface area (Å²) < 4.78 is 1.05. The van der Waals surface area contributed by atoms with Crippen molar-refractivity contribution in [2.75, 3.05) is 0 Å². The standard InChI is InChI=1S/C5H6IN/c1-5(6)3-2-4-7/h1-3H2. The van der Waals surface area contributed by atoms with Crippen LogP contribution < -0.4 is 0 Å². The smallest absolute Gasteiger partial charge is 0.0625 e. The van der Waals surface area contributed by atoms with Crippen LogP contribution in [0.1, 0.15) is 12.8 Å². The summed E-state index contributed by atoms with van der Waals surface area (Å²) in [6, 6.07) is 2.03. The Labute approximate surface area is 57.2 Å². The van der Waals surface area contributed by atoms with Gasteiger partial charge in [-0.3, -0.25) is 0 Å². The van der Waals surface area contributed by atoms with Crippen LogP contribution in [-0.4, -0.2) is 0 Å². The molecule has 0 aromatic heterocycles. The fourth-order valence-corrected chi connectivity index (χ4v) is 0.461. The van der Waals surface area contributed by atoms with E-state index in [2.05, 4.69) is 29.2 Å². The largest absolute Gasteiger partial charge is 0.198 e. The molecule has 7 heavy (non-hydrogen) atoms. The Morgan fingerprint density at radius 2 is 2.43 bits per heavy atom. The molecule has 0 rings (SSSR count). The lowest BCUT2D eigenvalue weighted by atomic mass is 10.3. The van der Waals surface area contributed by atoms with Gasteiger partial charge in [0.2, 0.25) is 0 Å². The molecular weight excluding hydrogens is 201 g/mol. The van der Waals surface area contributed by atoms with Gasteiger partial charge >= 0.3 is 0 Å². The highest BCUT2D eigenvalue weighted by atomic mass is 127. The van der Waals surface area contributed by atoms with Gasteiger partial charge in [0.15, 0.2) is 0 Å². The fraction of sp³-hybridized carbons (Fsp3) is 0.400. The van der Waals surface area contributed by atoms with Gasteiger partial charge < -0.3 is 0 Å². The van der Waals surface area contributed by atoms with Gasteiger partial charge in [0.25, 0.3) is 0 Å². The van der Waals surface area contributed by atoms with Crippen LogP contribution in [0.4, 0.5) is 0 Å². The Hall–Kier alpha value is -0.0400. The molecule has 0 saturated heterocycles. The molecule has 0 amide bonds. The van der Waals surface area contributed by atoms with Crippen molar-refractivity contribution in [1.29, 1.82) is 5.26 Å². The van der Waals surface area contributed by atoms with Crippen LogP contribution in [0.2, 0.25) is 0 Å². The molecule has 0 N–H and O–H groups in total. The second-order valence-corrected chi connectivity index (χ2v) is 2.70. The van der Waals surface area contributed by atoms with Crippen LogP contribution in [0.15, 0.2) is 10.2 Å². The Morgan fingerprint density at radius 3 is 2.57 bits per heavy atom. The third-order valence-corrected chi connectivity index (χ3v) is 1.05. The molecular formula is C5H6IN. The van der Waals surface area contributed by atoms with Crippen LogP contribution in [0.25, 0.3) is 0 Å². The lowest BCUT2D eigenvalue weighted by molar-refractivity contribution is 1.06. The maximum atomic E-state index is 8.02. The summed E-state index contributed by atoms with van der Waals surface area (Å²) in [6.45, 7) is 3.63. The molecule has 2 heteroatoms. The van der Waals surface area contributed by atoms with Crippen LogP contribution in [0.3, 0.4) is 0 Å². The van der Waals surface area contributed by atoms with Crippen molar-refractivity contribution >= 4 is 22.6 Å². The molecule has 0 spiro atoms. The molecule has 0 aliphatic carbocycles. The van der Waals surface area contributed by atoms with Crippen molar-refractivity contribution in [3.05, 3.63) is 10.2 Å². The molecule has 0 unspecified atom stereocenters. The minimum absolute atomic E-state index is 0.599. The number of halogens is 1. The first-order valence-corrected chi connectivity index (χ1v) is 3.05. The Kier molecular flexibility index (Phi) is 4.10. The quantitative estimate of drug-likeness (QED) is 0.637. The van der Waals surface area contributed by atoms with Crippen LogP contribution in [-0.2, 0) is 0 Å². The molecule has 0 saturated carbocycles. The van der Waals surface area contributed by atoms with Crippen LogP contribution >= 0.6 is 22.6 Å². The zero-order chi connectivity index (χ0) is 5.70. The highest BCUT2D eigenvalue weighted by Crippen LogP contribution is 2.08. The monoisotopic (exact) mass is 207 g/mol. The van der Waals surface area contributed by atoms with Crippen molar-refractivity contribution in [3.63, 3.8) is 0 Å². The summed E-state index contributed by atoms with van der Waals surface area (Å²) >= 11 is 2.12. The third-order valence-electron chi connectivity index (χ3n) is 0.508. The van der Waals surface area contributed by atoms with Gasteiger partial charge in [-0.2, -0.15) is 5.26 Å². The third kappa shape index (κ3) is 5.96. The number of allylic oxidation sites excluding steroid dienone is 1. The zero-order valence-corrected chi connectivity index (χ0v) is 6.10. The maximum Gasteiger partial charge on any atom is 0.0625 e. The highest BCUT2D eigenvalue weighted by molar-refractivity contribution is 14.1. The van der Waals surface area contributed by atoms with Gasteiger partial charge in [-0.25, -0.2) is 0 Å². The fourth-order valence-electron chi connectivity index (χ4n) is 0.192. The second kappa shape index (κ2) is 4.13. The summed E-state index contributed by atoms with van der Waals surface area (Å²) in [5.74, 6) is 0. The molecule has 0 heterocycles. The number of hydrogen-bond acceptors (Lipinski definition) is 1. The molecule has 0 aliphatic rings.